The average Bonchev–Trinajstić information content (AvgIpc) is 2.72. The largest absolute Gasteiger partial charge is 0.399 e. The molecule has 0 aromatic heterocycles. The van der Waals surface area contributed by atoms with E-state index in [1.807, 2.05) is 0 Å². The molecule has 6 N–H and O–H groups in total. The zero-order valence-corrected chi connectivity index (χ0v) is 15.8. The molecule has 4 aromatic rings. The maximum atomic E-state index is 15.6. The van der Waals surface area contributed by atoms with E-state index in [2.05, 4.69) is 0 Å². The first kappa shape index (κ1) is 19.4. The molecule has 0 saturated carbocycles. The highest BCUT2D eigenvalue weighted by Gasteiger charge is 2.27. The standard InChI is InChI=1S/C24H18F3N3/c25-22-19(13-1-7-16(28)8-2-13)23(26)21(15-5-11-18(30)12-6-15)24(27)20(22)14-3-9-17(29)10-4-14/h1-12H,28-30H2. The fourth-order valence-electron chi connectivity index (χ4n) is 3.37. The molecular weight excluding hydrogens is 387 g/mol. The molecule has 0 bridgehead atoms. The molecule has 6 heteroatoms. The van der Waals surface area contributed by atoms with Gasteiger partial charge in [-0.15, -0.1) is 0 Å². The minimum atomic E-state index is -1.00. The lowest BCUT2D eigenvalue weighted by Gasteiger charge is -2.17. The third-order valence-electron chi connectivity index (χ3n) is 4.92. The maximum absolute atomic E-state index is 15.6. The van der Waals surface area contributed by atoms with Crippen molar-refractivity contribution in [3.63, 3.8) is 0 Å². The van der Waals surface area contributed by atoms with Crippen LogP contribution in [0.1, 0.15) is 0 Å². The maximum Gasteiger partial charge on any atom is 0.144 e. The Bertz CT molecular complexity index is 1040. The van der Waals surface area contributed by atoms with Crippen molar-refractivity contribution in [2.45, 2.75) is 0 Å². The Kier molecular flexibility index (Phi) is 4.83. The van der Waals surface area contributed by atoms with Crippen LogP contribution >= 0.6 is 0 Å². The van der Waals surface area contributed by atoms with Crippen molar-refractivity contribution in [1.29, 1.82) is 0 Å². The highest BCUT2D eigenvalue weighted by molar-refractivity contribution is 5.84. The predicted molar refractivity (Wildman–Crippen MR) is 116 cm³/mol. The van der Waals surface area contributed by atoms with Crippen molar-refractivity contribution in [3.8, 4) is 33.4 Å². The number of rotatable bonds is 3. The lowest BCUT2D eigenvalue weighted by Crippen LogP contribution is -2.03. The lowest BCUT2D eigenvalue weighted by molar-refractivity contribution is 0.557. The normalized spacial score (nSPS) is 10.9. The fourth-order valence-corrected chi connectivity index (χ4v) is 3.37. The summed E-state index contributed by atoms with van der Waals surface area (Å²) in [5.74, 6) is -3.00. The SMILES string of the molecule is Nc1ccc(-c2c(F)c(-c3ccc(N)cc3)c(F)c(-c3ccc(N)cc3)c2F)cc1. The van der Waals surface area contributed by atoms with Gasteiger partial charge in [0.05, 0.1) is 16.7 Å². The van der Waals surface area contributed by atoms with E-state index < -0.39 is 17.5 Å². The third-order valence-corrected chi connectivity index (χ3v) is 4.92. The Hall–Kier alpha value is -3.93. The van der Waals surface area contributed by atoms with Gasteiger partial charge in [-0.3, -0.25) is 0 Å². The van der Waals surface area contributed by atoms with Crippen molar-refractivity contribution < 1.29 is 13.2 Å². The lowest BCUT2D eigenvalue weighted by atomic mass is 9.90. The van der Waals surface area contributed by atoms with Crippen molar-refractivity contribution in [3.05, 3.63) is 90.2 Å². The van der Waals surface area contributed by atoms with Gasteiger partial charge in [-0.05, 0) is 53.1 Å². The summed E-state index contributed by atoms with van der Waals surface area (Å²) < 4.78 is 46.7. The molecule has 0 heterocycles. The Labute approximate surface area is 171 Å². The molecule has 4 aromatic carbocycles. The van der Waals surface area contributed by atoms with Crippen molar-refractivity contribution in [1.82, 2.24) is 0 Å². The van der Waals surface area contributed by atoms with E-state index in [9.17, 15) is 0 Å². The number of nitrogens with two attached hydrogens (primary N) is 3. The van der Waals surface area contributed by atoms with Crippen LogP contribution in [0.2, 0.25) is 0 Å². The molecule has 0 amide bonds. The van der Waals surface area contributed by atoms with E-state index in [1.54, 1.807) is 0 Å². The van der Waals surface area contributed by atoms with E-state index in [4.69, 9.17) is 17.2 Å². The van der Waals surface area contributed by atoms with Gasteiger partial charge >= 0.3 is 0 Å². The van der Waals surface area contributed by atoms with Crippen LogP contribution in [0, 0.1) is 17.5 Å². The van der Waals surface area contributed by atoms with Gasteiger partial charge in [0.1, 0.15) is 17.5 Å². The summed E-state index contributed by atoms with van der Waals surface area (Å²) in [6, 6.07) is 18.2. The number of halogens is 3. The number of hydrogen-bond acceptors (Lipinski definition) is 3. The average molecular weight is 405 g/mol. The van der Waals surface area contributed by atoms with Crippen LogP contribution in [0.25, 0.3) is 33.4 Å². The second-order valence-corrected chi connectivity index (χ2v) is 6.93. The number of anilines is 3. The van der Waals surface area contributed by atoms with Gasteiger partial charge in [-0.2, -0.15) is 0 Å². The van der Waals surface area contributed by atoms with Crippen LogP contribution in [-0.2, 0) is 0 Å². The minimum Gasteiger partial charge on any atom is -0.399 e. The van der Waals surface area contributed by atoms with Crippen molar-refractivity contribution in [2.24, 2.45) is 0 Å². The molecular formula is C24H18F3N3. The molecule has 4 rings (SSSR count). The molecule has 0 spiro atoms. The molecule has 0 saturated heterocycles. The smallest absolute Gasteiger partial charge is 0.144 e. The van der Waals surface area contributed by atoms with Crippen molar-refractivity contribution in [2.75, 3.05) is 17.2 Å². The summed E-state index contributed by atoms with van der Waals surface area (Å²) in [6.07, 6.45) is 0. The third kappa shape index (κ3) is 3.33. The zero-order chi connectivity index (χ0) is 21.4. The summed E-state index contributed by atoms with van der Waals surface area (Å²) in [5.41, 5.74) is 18.2. The summed E-state index contributed by atoms with van der Waals surface area (Å²) in [4.78, 5) is 0. The van der Waals surface area contributed by atoms with Crippen LogP contribution in [0.15, 0.2) is 72.8 Å². The van der Waals surface area contributed by atoms with Crippen LogP contribution < -0.4 is 17.2 Å². The van der Waals surface area contributed by atoms with Crippen LogP contribution in [0.4, 0.5) is 30.2 Å². The first-order valence-electron chi connectivity index (χ1n) is 9.15. The highest BCUT2D eigenvalue weighted by Crippen LogP contribution is 2.42. The number of benzene rings is 4. The van der Waals surface area contributed by atoms with Gasteiger partial charge in [0.25, 0.3) is 0 Å². The van der Waals surface area contributed by atoms with Crippen LogP contribution in [0.5, 0.6) is 0 Å². The summed E-state index contributed by atoms with van der Waals surface area (Å²) in [7, 11) is 0. The van der Waals surface area contributed by atoms with Gasteiger partial charge in [0.2, 0.25) is 0 Å². The minimum absolute atomic E-state index is 0.243. The molecule has 3 nitrogen and oxygen atoms in total. The zero-order valence-electron chi connectivity index (χ0n) is 15.8. The van der Waals surface area contributed by atoms with Crippen molar-refractivity contribution >= 4 is 17.1 Å². The predicted octanol–water partition coefficient (Wildman–Crippen LogP) is 5.85. The molecule has 0 aliphatic rings. The quantitative estimate of drug-likeness (QED) is 0.374. The topological polar surface area (TPSA) is 78.1 Å². The molecule has 30 heavy (non-hydrogen) atoms. The van der Waals surface area contributed by atoms with E-state index >= 15 is 13.2 Å². The molecule has 0 unspecified atom stereocenters. The van der Waals surface area contributed by atoms with Gasteiger partial charge in [0, 0.05) is 17.1 Å². The summed E-state index contributed by atoms with van der Waals surface area (Å²) >= 11 is 0. The van der Waals surface area contributed by atoms with E-state index in [0.717, 1.165) is 0 Å². The second kappa shape index (κ2) is 7.48. The van der Waals surface area contributed by atoms with Gasteiger partial charge < -0.3 is 17.2 Å². The Morgan fingerprint density at radius 2 is 0.567 bits per heavy atom. The Balaban J connectivity index is 2.08. The Morgan fingerprint density at radius 1 is 0.367 bits per heavy atom. The molecule has 150 valence electrons. The summed E-state index contributed by atoms with van der Waals surface area (Å²) in [5, 5.41) is 0. The first-order chi connectivity index (χ1) is 14.4. The summed E-state index contributed by atoms with van der Waals surface area (Å²) in [6.45, 7) is 0. The molecule has 0 atom stereocenters. The van der Waals surface area contributed by atoms with E-state index in [-0.39, 0.29) is 33.4 Å². The monoisotopic (exact) mass is 405 g/mol. The Morgan fingerprint density at radius 3 is 0.767 bits per heavy atom. The molecule has 0 aliphatic heterocycles. The van der Waals surface area contributed by atoms with Gasteiger partial charge in [0.15, 0.2) is 0 Å². The number of nitrogen functional groups attached to an aromatic ring is 3. The second-order valence-electron chi connectivity index (χ2n) is 6.93. The molecule has 0 radical (unpaired) electrons. The highest BCUT2D eigenvalue weighted by atomic mass is 19.1. The van der Waals surface area contributed by atoms with Gasteiger partial charge in [-0.1, -0.05) is 36.4 Å². The molecule has 0 aliphatic carbocycles. The number of hydrogen-bond donors (Lipinski definition) is 3. The van der Waals surface area contributed by atoms with E-state index in [1.165, 1.54) is 72.8 Å². The van der Waals surface area contributed by atoms with Crippen LogP contribution in [0.3, 0.4) is 0 Å². The first-order valence-corrected chi connectivity index (χ1v) is 9.15. The fraction of sp³-hybridized carbons (Fsp3) is 0. The van der Waals surface area contributed by atoms with E-state index in [0.29, 0.717) is 17.1 Å². The van der Waals surface area contributed by atoms with Gasteiger partial charge in [-0.25, -0.2) is 13.2 Å². The van der Waals surface area contributed by atoms with Crippen LogP contribution in [-0.4, -0.2) is 0 Å². The molecule has 0 fully saturated rings.